The second-order valence-electron chi connectivity index (χ2n) is 2.76. The van der Waals surface area contributed by atoms with Crippen LogP contribution < -0.4 is 22.5 Å². The van der Waals surface area contributed by atoms with Crippen molar-refractivity contribution in [2.75, 3.05) is 6.54 Å². The topological polar surface area (TPSA) is 137 Å². The van der Waals surface area contributed by atoms with E-state index < -0.39 is 5.91 Å². The number of guanidine groups is 1. The van der Waals surface area contributed by atoms with E-state index in [9.17, 15) is 9.59 Å². The summed E-state index contributed by atoms with van der Waals surface area (Å²) >= 11 is 0. The second-order valence-corrected chi connectivity index (χ2v) is 2.76. The van der Waals surface area contributed by atoms with E-state index >= 15 is 0 Å². The summed E-state index contributed by atoms with van der Waals surface area (Å²) in [5.41, 5.74) is 15.3. The van der Waals surface area contributed by atoms with Gasteiger partial charge in [-0.2, -0.15) is 0 Å². The highest BCUT2D eigenvalue weighted by Crippen LogP contribution is 1.92. The maximum absolute atomic E-state index is 10.8. The summed E-state index contributed by atoms with van der Waals surface area (Å²) < 4.78 is 0. The Hall–Kier alpha value is -2.05. The molecule has 0 fully saturated rings. The minimum absolute atomic E-state index is 0.0245. The van der Waals surface area contributed by atoms with E-state index in [1.165, 1.54) is 13.0 Å². The van der Waals surface area contributed by atoms with Crippen LogP contribution in [0.3, 0.4) is 0 Å². The van der Waals surface area contributed by atoms with Crippen molar-refractivity contribution in [2.45, 2.75) is 13.3 Å². The lowest BCUT2D eigenvalue weighted by Gasteiger charge is -2.02. The smallest absolute Gasteiger partial charge is 0.264 e. The third-order valence-electron chi connectivity index (χ3n) is 1.35. The Morgan fingerprint density at radius 3 is 2.33 bits per heavy atom. The van der Waals surface area contributed by atoms with Gasteiger partial charge in [0.25, 0.3) is 5.91 Å². The summed E-state index contributed by atoms with van der Waals surface area (Å²) in [5.74, 6) is -1.08. The molecule has 0 aromatic carbocycles. The minimum Gasteiger partial charge on any atom is -0.370 e. The number of aliphatic imine (C=N–C) groups is 1. The molecule has 0 unspecified atom stereocenters. The van der Waals surface area contributed by atoms with Gasteiger partial charge in [-0.3, -0.25) is 14.6 Å². The maximum atomic E-state index is 10.8. The van der Waals surface area contributed by atoms with Gasteiger partial charge in [-0.15, -0.1) is 0 Å². The molecule has 0 radical (unpaired) electrons. The standard InChI is InChI=1S/C8H15N5O2/c1-5(14)13-6(7(9)15)3-2-4-12-8(10)11/h3H,2,4H2,1H3,(H2,9,15)(H,13,14)(H4,10,11,12)/b6-3+. The van der Waals surface area contributed by atoms with Gasteiger partial charge in [0.1, 0.15) is 5.70 Å². The van der Waals surface area contributed by atoms with Crippen LogP contribution in [-0.2, 0) is 9.59 Å². The predicted octanol–water partition coefficient (Wildman–Crippen LogP) is -1.84. The monoisotopic (exact) mass is 213 g/mol. The summed E-state index contributed by atoms with van der Waals surface area (Å²) in [6.07, 6.45) is 1.88. The molecule has 7 nitrogen and oxygen atoms in total. The van der Waals surface area contributed by atoms with Gasteiger partial charge < -0.3 is 22.5 Å². The number of nitrogens with one attached hydrogen (secondary N) is 1. The molecule has 0 atom stereocenters. The van der Waals surface area contributed by atoms with E-state index in [4.69, 9.17) is 17.2 Å². The molecule has 2 amide bonds. The van der Waals surface area contributed by atoms with E-state index in [-0.39, 0.29) is 17.6 Å². The van der Waals surface area contributed by atoms with Crippen molar-refractivity contribution >= 4 is 17.8 Å². The number of carbonyl (C=O) groups excluding carboxylic acids is 2. The first kappa shape index (κ1) is 12.9. The van der Waals surface area contributed by atoms with Crippen molar-refractivity contribution in [3.05, 3.63) is 11.8 Å². The fourth-order valence-corrected chi connectivity index (χ4v) is 0.805. The molecule has 0 saturated heterocycles. The van der Waals surface area contributed by atoms with Crippen LogP contribution in [0.25, 0.3) is 0 Å². The largest absolute Gasteiger partial charge is 0.370 e. The fourth-order valence-electron chi connectivity index (χ4n) is 0.805. The van der Waals surface area contributed by atoms with Gasteiger partial charge in [-0.1, -0.05) is 6.08 Å². The van der Waals surface area contributed by atoms with Gasteiger partial charge in [0.05, 0.1) is 0 Å². The number of carbonyl (C=O) groups is 2. The lowest BCUT2D eigenvalue weighted by molar-refractivity contribution is -0.121. The molecule has 0 aliphatic carbocycles. The maximum Gasteiger partial charge on any atom is 0.264 e. The number of rotatable bonds is 5. The summed E-state index contributed by atoms with van der Waals surface area (Å²) in [4.78, 5) is 25.2. The molecule has 0 rings (SSSR count). The van der Waals surface area contributed by atoms with Crippen LogP contribution >= 0.6 is 0 Å². The van der Waals surface area contributed by atoms with Crippen LogP contribution in [0.1, 0.15) is 13.3 Å². The molecule has 7 heteroatoms. The molecule has 0 aliphatic rings. The van der Waals surface area contributed by atoms with E-state index in [0.717, 1.165) is 0 Å². The molecule has 0 aromatic heterocycles. The highest BCUT2D eigenvalue weighted by atomic mass is 16.2. The van der Waals surface area contributed by atoms with Gasteiger partial charge in [0.15, 0.2) is 5.96 Å². The van der Waals surface area contributed by atoms with E-state index in [2.05, 4.69) is 10.3 Å². The highest BCUT2D eigenvalue weighted by Gasteiger charge is 2.04. The zero-order valence-electron chi connectivity index (χ0n) is 8.49. The molecule has 0 spiro atoms. The van der Waals surface area contributed by atoms with E-state index in [0.29, 0.717) is 13.0 Å². The third-order valence-corrected chi connectivity index (χ3v) is 1.35. The van der Waals surface area contributed by atoms with Crippen LogP contribution in [0.15, 0.2) is 16.8 Å². The third kappa shape index (κ3) is 7.05. The number of primary amides is 1. The lowest BCUT2D eigenvalue weighted by Crippen LogP contribution is -2.29. The molecule has 0 bridgehead atoms. The second kappa shape index (κ2) is 6.41. The van der Waals surface area contributed by atoms with Crippen LogP contribution in [0.2, 0.25) is 0 Å². The Morgan fingerprint density at radius 2 is 1.93 bits per heavy atom. The van der Waals surface area contributed by atoms with Crippen LogP contribution in [0.5, 0.6) is 0 Å². The van der Waals surface area contributed by atoms with Crippen molar-refractivity contribution in [3.8, 4) is 0 Å². The predicted molar refractivity (Wildman–Crippen MR) is 56.4 cm³/mol. The number of nitrogens with zero attached hydrogens (tertiary/aromatic N) is 1. The minimum atomic E-state index is -0.699. The number of hydrogen-bond donors (Lipinski definition) is 4. The number of amides is 2. The Labute approximate surface area is 87.4 Å². The number of hydrogen-bond acceptors (Lipinski definition) is 3. The van der Waals surface area contributed by atoms with Crippen LogP contribution in [-0.4, -0.2) is 24.3 Å². The van der Waals surface area contributed by atoms with Gasteiger partial charge in [0, 0.05) is 13.5 Å². The van der Waals surface area contributed by atoms with Crippen LogP contribution in [0, 0.1) is 0 Å². The van der Waals surface area contributed by atoms with Crippen molar-refractivity contribution in [1.82, 2.24) is 5.32 Å². The normalized spacial score (nSPS) is 10.6. The molecule has 0 saturated carbocycles. The molecule has 84 valence electrons. The molecule has 0 aromatic rings. The first-order chi connectivity index (χ1) is 6.93. The molecule has 0 heterocycles. The van der Waals surface area contributed by atoms with E-state index in [1.807, 2.05) is 0 Å². The zero-order chi connectivity index (χ0) is 11.8. The van der Waals surface area contributed by atoms with Gasteiger partial charge in [-0.05, 0) is 6.42 Å². The van der Waals surface area contributed by atoms with E-state index in [1.54, 1.807) is 0 Å². The average Bonchev–Trinajstić information content (AvgIpc) is 2.08. The first-order valence-corrected chi connectivity index (χ1v) is 4.26. The molecule has 0 aliphatic heterocycles. The van der Waals surface area contributed by atoms with Crippen molar-refractivity contribution < 1.29 is 9.59 Å². The summed E-state index contributed by atoms with van der Waals surface area (Å²) in [7, 11) is 0. The van der Waals surface area contributed by atoms with Crippen molar-refractivity contribution in [2.24, 2.45) is 22.2 Å². The Balaban J connectivity index is 4.24. The summed E-state index contributed by atoms with van der Waals surface area (Å²) in [5, 5.41) is 2.30. The first-order valence-electron chi connectivity index (χ1n) is 4.26. The summed E-state index contributed by atoms with van der Waals surface area (Å²) in [6, 6.07) is 0. The molecular weight excluding hydrogens is 198 g/mol. The molecular formula is C8H15N5O2. The van der Waals surface area contributed by atoms with Gasteiger partial charge in [-0.25, -0.2) is 0 Å². The summed E-state index contributed by atoms with van der Waals surface area (Å²) in [6.45, 7) is 1.62. The average molecular weight is 213 g/mol. The SMILES string of the molecule is CC(=O)N/C(=C/CCN=C(N)N)C(N)=O. The fraction of sp³-hybridized carbons (Fsp3) is 0.375. The highest BCUT2D eigenvalue weighted by molar-refractivity contribution is 5.95. The van der Waals surface area contributed by atoms with Crippen molar-refractivity contribution in [3.63, 3.8) is 0 Å². The Morgan fingerprint density at radius 1 is 1.33 bits per heavy atom. The van der Waals surface area contributed by atoms with Gasteiger partial charge >= 0.3 is 0 Å². The quantitative estimate of drug-likeness (QED) is 0.184. The molecule has 15 heavy (non-hydrogen) atoms. The molecule has 7 N–H and O–H groups in total. The Bertz CT molecular complexity index is 304. The van der Waals surface area contributed by atoms with Crippen LogP contribution in [0.4, 0.5) is 0 Å². The zero-order valence-corrected chi connectivity index (χ0v) is 8.49. The number of nitrogens with two attached hydrogens (primary N) is 3. The van der Waals surface area contributed by atoms with Gasteiger partial charge in [0.2, 0.25) is 5.91 Å². The Kier molecular flexibility index (Phi) is 5.53. The van der Waals surface area contributed by atoms with Crippen molar-refractivity contribution in [1.29, 1.82) is 0 Å². The lowest BCUT2D eigenvalue weighted by atomic mass is 10.3.